The Bertz CT molecular complexity index is 201. The summed E-state index contributed by atoms with van der Waals surface area (Å²) in [5.74, 6) is 2.44. The van der Waals surface area contributed by atoms with Gasteiger partial charge in [-0.05, 0) is 49.9 Å². The molecule has 1 heterocycles. The van der Waals surface area contributed by atoms with Crippen LogP contribution in [0.2, 0.25) is 0 Å². The molecule has 4 unspecified atom stereocenters. The van der Waals surface area contributed by atoms with Crippen molar-refractivity contribution < 1.29 is 4.74 Å². The van der Waals surface area contributed by atoms with E-state index in [4.69, 9.17) is 10.5 Å². The van der Waals surface area contributed by atoms with Crippen LogP contribution in [0.3, 0.4) is 0 Å². The Hall–Kier alpha value is -0.0800. The molecule has 0 aromatic carbocycles. The molecule has 2 N–H and O–H groups in total. The number of nitrogens with two attached hydrogens (primary N) is 1. The number of hydrogen-bond donors (Lipinski definition) is 1. The van der Waals surface area contributed by atoms with Gasteiger partial charge in [0.15, 0.2) is 0 Å². The van der Waals surface area contributed by atoms with E-state index in [0.717, 1.165) is 31.0 Å². The zero-order valence-corrected chi connectivity index (χ0v) is 10.7. The highest BCUT2D eigenvalue weighted by atomic mass is 16.5. The molecule has 0 aromatic rings. The molecule has 2 rings (SSSR count). The molecule has 0 radical (unpaired) electrons. The maximum atomic E-state index is 6.31. The fourth-order valence-electron chi connectivity index (χ4n) is 3.64. The maximum absolute atomic E-state index is 6.31. The van der Waals surface area contributed by atoms with E-state index in [1.165, 1.54) is 44.9 Å². The monoisotopic (exact) mass is 225 g/mol. The molecule has 0 bridgehead atoms. The minimum Gasteiger partial charge on any atom is -0.381 e. The lowest BCUT2D eigenvalue weighted by atomic mass is 9.70. The van der Waals surface area contributed by atoms with Gasteiger partial charge >= 0.3 is 0 Å². The fourth-order valence-corrected chi connectivity index (χ4v) is 3.64. The summed E-state index contributed by atoms with van der Waals surface area (Å²) >= 11 is 0. The third-order valence-electron chi connectivity index (χ3n) is 4.56. The Balaban J connectivity index is 1.89. The van der Waals surface area contributed by atoms with E-state index in [0.29, 0.717) is 6.04 Å². The Kier molecular flexibility index (Phi) is 4.66. The lowest BCUT2D eigenvalue weighted by Gasteiger charge is -2.40. The van der Waals surface area contributed by atoms with Gasteiger partial charge in [0.2, 0.25) is 0 Å². The van der Waals surface area contributed by atoms with Crippen LogP contribution < -0.4 is 5.73 Å². The van der Waals surface area contributed by atoms with Crippen LogP contribution in [0.1, 0.15) is 51.9 Å². The minimum atomic E-state index is 0.444. The fraction of sp³-hybridized carbons (Fsp3) is 1.00. The van der Waals surface area contributed by atoms with Crippen LogP contribution in [-0.2, 0) is 4.74 Å². The zero-order chi connectivity index (χ0) is 11.4. The highest BCUT2D eigenvalue weighted by Gasteiger charge is 2.34. The molecular weight excluding hydrogens is 198 g/mol. The Morgan fingerprint density at radius 1 is 1.25 bits per heavy atom. The number of hydrogen-bond acceptors (Lipinski definition) is 2. The summed E-state index contributed by atoms with van der Waals surface area (Å²) in [6.07, 6.45) is 9.28. The number of ether oxygens (including phenoxy) is 1. The highest BCUT2D eigenvalue weighted by Crippen LogP contribution is 2.38. The molecule has 0 amide bonds. The van der Waals surface area contributed by atoms with E-state index < -0.39 is 0 Å². The molecule has 2 aliphatic rings. The van der Waals surface area contributed by atoms with Crippen molar-refractivity contribution >= 4 is 0 Å². The van der Waals surface area contributed by atoms with Crippen LogP contribution in [0.25, 0.3) is 0 Å². The van der Waals surface area contributed by atoms with Crippen LogP contribution >= 0.6 is 0 Å². The SMILES string of the molecule is CCCC1CCC(N)C(C2CCCOC2)C1. The van der Waals surface area contributed by atoms with Gasteiger partial charge in [0.25, 0.3) is 0 Å². The van der Waals surface area contributed by atoms with Gasteiger partial charge in [-0.2, -0.15) is 0 Å². The predicted octanol–water partition coefficient (Wildman–Crippen LogP) is 2.96. The molecule has 0 aromatic heterocycles. The van der Waals surface area contributed by atoms with Gasteiger partial charge in [-0.1, -0.05) is 19.8 Å². The topological polar surface area (TPSA) is 35.2 Å². The van der Waals surface area contributed by atoms with E-state index in [2.05, 4.69) is 6.92 Å². The van der Waals surface area contributed by atoms with Gasteiger partial charge in [0, 0.05) is 19.3 Å². The summed E-state index contributed by atoms with van der Waals surface area (Å²) in [5, 5.41) is 0. The first-order chi connectivity index (χ1) is 7.81. The minimum absolute atomic E-state index is 0.444. The predicted molar refractivity (Wildman–Crippen MR) is 67.3 cm³/mol. The molecule has 1 aliphatic heterocycles. The standard InChI is InChI=1S/C14H27NO/c1-2-4-11-6-7-14(15)13(9-11)12-5-3-8-16-10-12/h11-14H,2-10,15H2,1H3. The van der Waals surface area contributed by atoms with Crippen molar-refractivity contribution in [3.05, 3.63) is 0 Å². The first kappa shape index (κ1) is 12.4. The zero-order valence-electron chi connectivity index (χ0n) is 10.7. The number of rotatable bonds is 3. The molecule has 2 nitrogen and oxygen atoms in total. The largest absolute Gasteiger partial charge is 0.381 e. The third-order valence-corrected chi connectivity index (χ3v) is 4.56. The van der Waals surface area contributed by atoms with Crippen molar-refractivity contribution in [2.45, 2.75) is 57.9 Å². The van der Waals surface area contributed by atoms with Crippen LogP contribution in [0.15, 0.2) is 0 Å². The molecule has 1 aliphatic carbocycles. The third kappa shape index (κ3) is 2.98. The first-order valence-electron chi connectivity index (χ1n) is 7.14. The Morgan fingerprint density at radius 2 is 2.12 bits per heavy atom. The van der Waals surface area contributed by atoms with E-state index in [-0.39, 0.29) is 0 Å². The Labute approximate surface area is 99.9 Å². The van der Waals surface area contributed by atoms with Crippen molar-refractivity contribution in [1.82, 2.24) is 0 Å². The van der Waals surface area contributed by atoms with Crippen LogP contribution in [0, 0.1) is 17.8 Å². The molecule has 4 atom stereocenters. The summed E-state index contributed by atoms with van der Waals surface area (Å²) < 4.78 is 5.62. The second-order valence-electron chi connectivity index (χ2n) is 5.77. The van der Waals surface area contributed by atoms with Gasteiger partial charge in [0.1, 0.15) is 0 Å². The molecule has 16 heavy (non-hydrogen) atoms. The van der Waals surface area contributed by atoms with Gasteiger partial charge in [-0.3, -0.25) is 0 Å². The second-order valence-corrected chi connectivity index (χ2v) is 5.77. The average molecular weight is 225 g/mol. The van der Waals surface area contributed by atoms with E-state index >= 15 is 0 Å². The maximum Gasteiger partial charge on any atom is 0.0497 e. The van der Waals surface area contributed by atoms with E-state index in [9.17, 15) is 0 Å². The summed E-state index contributed by atoms with van der Waals surface area (Å²) in [5.41, 5.74) is 6.31. The quantitative estimate of drug-likeness (QED) is 0.801. The second kappa shape index (κ2) is 6.02. The van der Waals surface area contributed by atoms with Crippen molar-refractivity contribution in [3.63, 3.8) is 0 Å². The van der Waals surface area contributed by atoms with Gasteiger partial charge in [-0.25, -0.2) is 0 Å². The lowest BCUT2D eigenvalue weighted by Crippen LogP contribution is -2.42. The molecule has 94 valence electrons. The van der Waals surface area contributed by atoms with Crippen LogP contribution in [0.5, 0.6) is 0 Å². The van der Waals surface area contributed by atoms with Crippen molar-refractivity contribution in [1.29, 1.82) is 0 Å². The Morgan fingerprint density at radius 3 is 2.81 bits per heavy atom. The smallest absolute Gasteiger partial charge is 0.0497 e. The summed E-state index contributed by atoms with van der Waals surface area (Å²) in [6.45, 7) is 4.24. The summed E-state index contributed by atoms with van der Waals surface area (Å²) in [4.78, 5) is 0. The van der Waals surface area contributed by atoms with Crippen molar-refractivity contribution in [3.8, 4) is 0 Å². The molecule has 2 heteroatoms. The van der Waals surface area contributed by atoms with Crippen LogP contribution in [-0.4, -0.2) is 19.3 Å². The summed E-state index contributed by atoms with van der Waals surface area (Å²) in [7, 11) is 0. The first-order valence-corrected chi connectivity index (χ1v) is 7.14. The highest BCUT2D eigenvalue weighted by molar-refractivity contribution is 4.87. The lowest BCUT2D eigenvalue weighted by molar-refractivity contribution is 0.00986. The van der Waals surface area contributed by atoms with Crippen molar-refractivity contribution in [2.24, 2.45) is 23.5 Å². The summed E-state index contributed by atoms with van der Waals surface area (Å²) in [6, 6.07) is 0.444. The van der Waals surface area contributed by atoms with Crippen molar-refractivity contribution in [2.75, 3.05) is 13.2 Å². The van der Waals surface area contributed by atoms with Gasteiger partial charge in [-0.15, -0.1) is 0 Å². The van der Waals surface area contributed by atoms with Gasteiger partial charge in [0.05, 0.1) is 0 Å². The van der Waals surface area contributed by atoms with E-state index in [1.54, 1.807) is 0 Å². The molecule has 1 saturated heterocycles. The molecule has 2 fully saturated rings. The molecule has 0 spiro atoms. The normalized spacial score (nSPS) is 40.9. The average Bonchev–Trinajstić information content (AvgIpc) is 2.33. The van der Waals surface area contributed by atoms with Gasteiger partial charge < -0.3 is 10.5 Å². The van der Waals surface area contributed by atoms with Crippen LogP contribution in [0.4, 0.5) is 0 Å². The van der Waals surface area contributed by atoms with E-state index in [1.807, 2.05) is 0 Å². The molecular formula is C14H27NO. The molecule has 1 saturated carbocycles.